The molecule has 0 atom stereocenters. The summed E-state index contributed by atoms with van der Waals surface area (Å²) >= 11 is 0. The van der Waals surface area contributed by atoms with Crippen LogP contribution in [0.3, 0.4) is 0 Å². The monoisotopic (exact) mass is 312 g/mol. The zero-order valence-electron chi connectivity index (χ0n) is 12.9. The van der Waals surface area contributed by atoms with Gasteiger partial charge in [-0.2, -0.15) is 0 Å². The van der Waals surface area contributed by atoms with Gasteiger partial charge >= 0.3 is 0 Å². The van der Waals surface area contributed by atoms with Gasteiger partial charge in [0.15, 0.2) is 11.5 Å². The van der Waals surface area contributed by atoms with Crippen molar-refractivity contribution in [2.24, 2.45) is 0 Å². The number of ether oxygens (including phenoxy) is 2. The molecule has 0 aliphatic carbocycles. The normalized spacial score (nSPS) is 19.7. The molecule has 0 unspecified atom stereocenters. The number of hydrogen-bond acceptors (Lipinski definition) is 5. The molecule has 1 aromatic carbocycles. The fourth-order valence-corrected chi connectivity index (χ4v) is 3.31. The molecular formula is C18H20N2O3. The van der Waals surface area contributed by atoms with Crippen LogP contribution >= 0.6 is 0 Å². The molecule has 1 saturated heterocycles. The van der Waals surface area contributed by atoms with Crippen LogP contribution in [-0.2, 0) is 12.1 Å². The van der Waals surface area contributed by atoms with Crippen LogP contribution < -0.4 is 9.47 Å². The van der Waals surface area contributed by atoms with E-state index in [-0.39, 0.29) is 6.79 Å². The third-order valence-electron chi connectivity index (χ3n) is 4.72. The second-order valence-corrected chi connectivity index (χ2v) is 6.24. The van der Waals surface area contributed by atoms with Gasteiger partial charge in [0.25, 0.3) is 0 Å². The Morgan fingerprint density at radius 1 is 1.13 bits per heavy atom. The van der Waals surface area contributed by atoms with Crippen LogP contribution in [0.15, 0.2) is 42.7 Å². The minimum absolute atomic E-state index is 0.260. The zero-order chi connectivity index (χ0) is 15.7. The summed E-state index contributed by atoms with van der Waals surface area (Å²) in [7, 11) is 0. The second kappa shape index (κ2) is 5.83. The summed E-state index contributed by atoms with van der Waals surface area (Å²) in [6.07, 6.45) is 5.12. The second-order valence-electron chi connectivity index (χ2n) is 6.24. The van der Waals surface area contributed by atoms with Gasteiger partial charge in [-0.25, -0.2) is 0 Å². The number of fused-ring (bicyclic) bond motifs is 1. The number of aromatic nitrogens is 1. The fourth-order valence-electron chi connectivity index (χ4n) is 3.31. The summed E-state index contributed by atoms with van der Waals surface area (Å²) in [5, 5.41) is 11.0. The Morgan fingerprint density at radius 2 is 1.96 bits per heavy atom. The van der Waals surface area contributed by atoms with Crippen molar-refractivity contribution in [2.75, 3.05) is 19.9 Å². The molecule has 0 saturated carbocycles. The number of nitrogens with zero attached hydrogens (tertiary/aromatic N) is 2. The van der Waals surface area contributed by atoms with Gasteiger partial charge in [0.05, 0.1) is 5.60 Å². The van der Waals surface area contributed by atoms with Crippen molar-refractivity contribution in [3.63, 3.8) is 0 Å². The lowest BCUT2D eigenvalue weighted by atomic mass is 9.84. The Labute approximate surface area is 135 Å². The van der Waals surface area contributed by atoms with E-state index in [1.54, 1.807) is 6.20 Å². The van der Waals surface area contributed by atoms with Crippen LogP contribution in [0.5, 0.6) is 11.5 Å². The van der Waals surface area contributed by atoms with Crippen molar-refractivity contribution in [1.82, 2.24) is 9.88 Å². The van der Waals surface area contributed by atoms with E-state index in [1.807, 2.05) is 30.5 Å². The fraction of sp³-hybridized carbons (Fsp3) is 0.389. The summed E-state index contributed by atoms with van der Waals surface area (Å²) in [4.78, 5) is 6.52. The quantitative estimate of drug-likeness (QED) is 0.942. The Morgan fingerprint density at radius 3 is 2.74 bits per heavy atom. The largest absolute Gasteiger partial charge is 0.454 e. The first-order chi connectivity index (χ1) is 11.2. The van der Waals surface area contributed by atoms with Gasteiger partial charge in [-0.1, -0.05) is 12.1 Å². The molecule has 0 amide bonds. The number of hydrogen-bond donors (Lipinski definition) is 1. The molecule has 5 heteroatoms. The average molecular weight is 312 g/mol. The summed E-state index contributed by atoms with van der Waals surface area (Å²) in [5.74, 6) is 1.49. The number of pyridine rings is 1. The SMILES string of the molecule is OC1(c2ccc3c(c2)OCO3)CCN(Cc2cccnc2)CC1. The first-order valence-electron chi connectivity index (χ1n) is 7.97. The molecule has 1 N–H and O–H groups in total. The predicted octanol–water partition coefficient (Wildman–Crippen LogP) is 2.29. The Bertz CT molecular complexity index is 682. The third kappa shape index (κ3) is 2.90. The van der Waals surface area contributed by atoms with E-state index in [9.17, 15) is 5.11 Å². The predicted molar refractivity (Wildman–Crippen MR) is 85.2 cm³/mol. The molecule has 1 aromatic heterocycles. The minimum atomic E-state index is -0.785. The summed E-state index contributed by atoms with van der Waals surface area (Å²) in [6.45, 7) is 2.86. The van der Waals surface area contributed by atoms with E-state index in [1.165, 1.54) is 5.56 Å². The van der Waals surface area contributed by atoms with Gasteiger partial charge in [-0.3, -0.25) is 9.88 Å². The van der Waals surface area contributed by atoms with Crippen molar-refractivity contribution in [3.05, 3.63) is 53.9 Å². The van der Waals surface area contributed by atoms with Crippen molar-refractivity contribution in [2.45, 2.75) is 25.0 Å². The van der Waals surface area contributed by atoms with Crippen LogP contribution in [0, 0.1) is 0 Å². The molecule has 23 heavy (non-hydrogen) atoms. The van der Waals surface area contributed by atoms with Crippen molar-refractivity contribution in [1.29, 1.82) is 0 Å². The zero-order valence-corrected chi connectivity index (χ0v) is 12.9. The van der Waals surface area contributed by atoms with Gasteiger partial charge in [-0.15, -0.1) is 0 Å². The lowest BCUT2D eigenvalue weighted by Gasteiger charge is -2.38. The number of piperidine rings is 1. The maximum absolute atomic E-state index is 11.0. The number of rotatable bonds is 3. The first-order valence-corrected chi connectivity index (χ1v) is 7.97. The Kier molecular flexibility index (Phi) is 3.67. The van der Waals surface area contributed by atoms with Gasteiger partial charge in [0, 0.05) is 32.0 Å². The summed E-state index contributed by atoms with van der Waals surface area (Å²) in [5.41, 5.74) is 1.34. The van der Waals surface area contributed by atoms with Crippen LogP contribution in [0.25, 0.3) is 0 Å². The average Bonchev–Trinajstić information content (AvgIpc) is 3.06. The van der Waals surface area contributed by atoms with Crippen LogP contribution in [0.1, 0.15) is 24.0 Å². The van der Waals surface area contributed by atoms with E-state index in [4.69, 9.17) is 9.47 Å². The molecule has 0 spiro atoms. The molecule has 5 nitrogen and oxygen atoms in total. The number of benzene rings is 1. The Balaban J connectivity index is 1.43. The van der Waals surface area contributed by atoms with Crippen LogP contribution in [0.2, 0.25) is 0 Å². The highest BCUT2D eigenvalue weighted by atomic mass is 16.7. The highest BCUT2D eigenvalue weighted by molar-refractivity contribution is 5.46. The molecular weight excluding hydrogens is 292 g/mol. The minimum Gasteiger partial charge on any atom is -0.454 e. The molecule has 0 radical (unpaired) electrons. The van der Waals surface area contributed by atoms with Crippen molar-refractivity contribution >= 4 is 0 Å². The smallest absolute Gasteiger partial charge is 0.231 e. The highest BCUT2D eigenvalue weighted by Crippen LogP contribution is 2.39. The maximum Gasteiger partial charge on any atom is 0.231 e. The maximum atomic E-state index is 11.0. The molecule has 0 bridgehead atoms. The van der Waals surface area contributed by atoms with Crippen molar-refractivity contribution < 1.29 is 14.6 Å². The van der Waals surface area contributed by atoms with E-state index in [0.717, 1.165) is 36.7 Å². The molecule has 3 heterocycles. The Hall–Kier alpha value is -2.11. The molecule has 2 aromatic rings. The highest BCUT2D eigenvalue weighted by Gasteiger charge is 2.35. The van der Waals surface area contributed by atoms with Gasteiger partial charge in [0.2, 0.25) is 6.79 Å². The van der Waals surface area contributed by atoms with Crippen molar-refractivity contribution in [3.8, 4) is 11.5 Å². The molecule has 2 aliphatic heterocycles. The number of aliphatic hydroxyl groups is 1. The molecule has 2 aliphatic rings. The first kappa shape index (κ1) is 14.5. The van der Waals surface area contributed by atoms with Crippen LogP contribution in [-0.4, -0.2) is 34.9 Å². The van der Waals surface area contributed by atoms with E-state index in [0.29, 0.717) is 12.8 Å². The molecule has 4 rings (SSSR count). The topological polar surface area (TPSA) is 54.8 Å². The van der Waals surface area contributed by atoms with E-state index >= 15 is 0 Å². The van der Waals surface area contributed by atoms with Crippen LogP contribution in [0.4, 0.5) is 0 Å². The van der Waals surface area contributed by atoms with E-state index < -0.39 is 5.60 Å². The summed E-state index contributed by atoms with van der Waals surface area (Å²) < 4.78 is 10.8. The molecule has 1 fully saturated rings. The lowest BCUT2D eigenvalue weighted by Crippen LogP contribution is -2.42. The summed E-state index contributed by atoms with van der Waals surface area (Å²) in [6, 6.07) is 9.80. The van der Waals surface area contributed by atoms with Gasteiger partial charge in [-0.05, 0) is 42.2 Å². The number of likely N-dealkylation sites (tertiary alicyclic amines) is 1. The molecule has 120 valence electrons. The third-order valence-corrected chi connectivity index (χ3v) is 4.72. The van der Waals surface area contributed by atoms with Gasteiger partial charge < -0.3 is 14.6 Å². The standard InChI is InChI=1S/C18H20N2O3/c21-18(15-3-4-16-17(10-15)23-13-22-16)5-8-20(9-6-18)12-14-2-1-7-19-11-14/h1-4,7,10-11,21H,5-6,8-9,12-13H2. The van der Waals surface area contributed by atoms with Gasteiger partial charge in [0.1, 0.15) is 0 Å². The van der Waals surface area contributed by atoms with E-state index in [2.05, 4.69) is 16.0 Å². The lowest BCUT2D eigenvalue weighted by molar-refractivity contribution is -0.0278.